The molecule has 1 unspecified atom stereocenters. The van der Waals surface area contributed by atoms with E-state index in [1.165, 1.54) is 5.52 Å². The van der Waals surface area contributed by atoms with Gasteiger partial charge >= 0.3 is 0 Å². The summed E-state index contributed by atoms with van der Waals surface area (Å²) in [5, 5.41) is 0. The SMILES string of the molecule is NC1CCn2c(nc3cccc(Br)c32)C1. The molecule has 1 aromatic heterocycles. The number of hydrogen-bond acceptors (Lipinski definition) is 2. The molecule has 0 saturated heterocycles. The maximum atomic E-state index is 5.94. The highest BCUT2D eigenvalue weighted by atomic mass is 79.9. The van der Waals surface area contributed by atoms with Gasteiger partial charge in [-0.2, -0.15) is 0 Å². The van der Waals surface area contributed by atoms with Crippen molar-refractivity contribution in [3.8, 4) is 0 Å². The molecule has 0 spiro atoms. The molecular formula is C11H12BrN3. The molecule has 0 fully saturated rings. The van der Waals surface area contributed by atoms with Crippen LogP contribution in [0.4, 0.5) is 0 Å². The van der Waals surface area contributed by atoms with E-state index in [9.17, 15) is 0 Å². The number of imidazole rings is 1. The molecule has 1 atom stereocenters. The van der Waals surface area contributed by atoms with E-state index in [2.05, 4.69) is 37.6 Å². The summed E-state index contributed by atoms with van der Waals surface area (Å²) < 4.78 is 3.40. The Balaban J connectivity index is 2.29. The zero-order chi connectivity index (χ0) is 10.4. The van der Waals surface area contributed by atoms with Gasteiger partial charge in [-0.15, -0.1) is 0 Å². The van der Waals surface area contributed by atoms with E-state index < -0.39 is 0 Å². The number of benzene rings is 1. The number of fused-ring (bicyclic) bond motifs is 3. The summed E-state index contributed by atoms with van der Waals surface area (Å²) in [6, 6.07) is 6.40. The zero-order valence-electron chi connectivity index (χ0n) is 8.28. The van der Waals surface area contributed by atoms with Crippen molar-refractivity contribution in [3.63, 3.8) is 0 Å². The summed E-state index contributed by atoms with van der Waals surface area (Å²) in [6.45, 7) is 0.982. The second kappa shape index (κ2) is 3.32. The van der Waals surface area contributed by atoms with Gasteiger partial charge in [0.05, 0.1) is 11.0 Å². The summed E-state index contributed by atoms with van der Waals surface area (Å²) in [5.74, 6) is 1.12. The van der Waals surface area contributed by atoms with Crippen LogP contribution >= 0.6 is 15.9 Å². The van der Waals surface area contributed by atoms with Gasteiger partial charge < -0.3 is 10.3 Å². The second-order valence-electron chi connectivity index (χ2n) is 4.04. The lowest BCUT2D eigenvalue weighted by Crippen LogP contribution is -2.30. The molecule has 15 heavy (non-hydrogen) atoms. The van der Waals surface area contributed by atoms with Crippen LogP contribution in [0.15, 0.2) is 22.7 Å². The Hall–Kier alpha value is -0.870. The number of nitrogens with two attached hydrogens (primary N) is 1. The monoisotopic (exact) mass is 265 g/mol. The van der Waals surface area contributed by atoms with Gasteiger partial charge in [0.25, 0.3) is 0 Å². The molecular weight excluding hydrogens is 254 g/mol. The van der Waals surface area contributed by atoms with Crippen molar-refractivity contribution in [2.24, 2.45) is 5.73 Å². The number of para-hydroxylation sites is 1. The van der Waals surface area contributed by atoms with E-state index in [0.717, 1.165) is 35.2 Å². The predicted molar refractivity (Wildman–Crippen MR) is 63.7 cm³/mol. The van der Waals surface area contributed by atoms with Crippen LogP contribution in [0.3, 0.4) is 0 Å². The van der Waals surface area contributed by atoms with E-state index in [0.29, 0.717) is 0 Å². The van der Waals surface area contributed by atoms with Crippen molar-refractivity contribution in [1.29, 1.82) is 0 Å². The molecule has 1 aliphatic rings. The normalized spacial score (nSPS) is 20.5. The smallest absolute Gasteiger partial charge is 0.111 e. The molecule has 0 saturated carbocycles. The first-order valence-corrected chi connectivity index (χ1v) is 5.94. The van der Waals surface area contributed by atoms with Crippen molar-refractivity contribution >= 4 is 27.0 Å². The summed E-state index contributed by atoms with van der Waals surface area (Å²) in [4.78, 5) is 4.62. The molecule has 3 nitrogen and oxygen atoms in total. The van der Waals surface area contributed by atoms with E-state index in [1.54, 1.807) is 0 Å². The first-order valence-electron chi connectivity index (χ1n) is 5.15. The number of hydrogen-bond donors (Lipinski definition) is 1. The van der Waals surface area contributed by atoms with Crippen LogP contribution in [0.5, 0.6) is 0 Å². The minimum Gasteiger partial charge on any atom is -0.327 e. The van der Waals surface area contributed by atoms with Gasteiger partial charge in [0.2, 0.25) is 0 Å². The third kappa shape index (κ3) is 1.40. The summed E-state index contributed by atoms with van der Waals surface area (Å²) in [6.07, 6.45) is 1.93. The molecule has 2 aromatic rings. The standard InChI is InChI=1S/C11H12BrN3/c12-8-2-1-3-9-11(8)15-5-4-7(13)6-10(15)14-9/h1-3,7H,4-6,13H2. The van der Waals surface area contributed by atoms with Crippen molar-refractivity contribution in [1.82, 2.24) is 9.55 Å². The lowest BCUT2D eigenvalue weighted by atomic mass is 10.1. The highest BCUT2D eigenvalue weighted by Gasteiger charge is 2.20. The molecule has 78 valence electrons. The lowest BCUT2D eigenvalue weighted by Gasteiger charge is -2.20. The lowest BCUT2D eigenvalue weighted by molar-refractivity contribution is 0.470. The van der Waals surface area contributed by atoms with E-state index in [-0.39, 0.29) is 6.04 Å². The minimum absolute atomic E-state index is 0.271. The van der Waals surface area contributed by atoms with Gasteiger partial charge in [-0.05, 0) is 34.5 Å². The zero-order valence-corrected chi connectivity index (χ0v) is 9.87. The van der Waals surface area contributed by atoms with E-state index >= 15 is 0 Å². The third-order valence-electron chi connectivity index (χ3n) is 2.96. The Labute approximate surface area is 96.4 Å². The van der Waals surface area contributed by atoms with Crippen LogP contribution in [0.2, 0.25) is 0 Å². The highest BCUT2D eigenvalue weighted by Crippen LogP contribution is 2.27. The van der Waals surface area contributed by atoms with Gasteiger partial charge in [0, 0.05) is 23.5 Å². The van der Waals surface area contributed by atoms with Crippen molar-refractivity contribution in [2.75, 3.05) is 0 Å². The number of aromatic nitrogens is 2. The number of aryl methyl sites for hydroxylation is 1. The van der Waals surface area contributed by atoms with E-state index in [4.69, 9.17) is 5.73 Å². The Bertz CT molecular complexity index is 518. The van der Waals surface area contributed by atoms with Crippen LogP contribution in [-0.2, 0) is 13.0 Å². The van der Waals surface area contributed by atoms with E-state index in [1.807, 2.05) is 6.07 Å². The molecule has 1 aliphatic heterocycles. The van der Waals surface area contributed by atoms with Crippen LogP contribution in [0, 0.1) is 0 Å². The van der Waals surface area contributed by atoms with Crippen molar-refractivity contribution < 1.29 is 0 Å². The Morgan fingerprint density at radius 3 is 3.20 bits per heavy atom. The molecule has 0 radical (unpaired) electrons. The van der Waals surface area contributed by atoms with Gasteiger partial charge in [-0.1, -0.05) is 6.07 Å². The van der Waals surface area contributed by atoms with Gasteiger partial charge in [-0.25, -0.2) is 4.98 Å². The van der Waals surface area contributed by atoms with Crippen molar-refractivity contribution in [3.05, 3.63) is 28.5 Å². The maximum absolute atomic E-state index is 5.94. The Morgan fingerprint density at radius 2 is 2.33 bits per heavy atom. The molecule has 2 N–H and O–H groups in total. The predicted octanol–water partition coefficient (Wildman–Crippen LogP) is 2.07. The molecule has 0 bridgehead atoms. The highest BCUT2D eigenvalue weighted by molar-refractivity contribution is 9.10. The quantitative estimate of drug-likeness (QED) is 0.793. The fourth-order valence-electron chi connectivity index (χ4n) is 2.22. The number of rotatable bonds is 0. The third-order valence-corrected chi connectivity index (χ3v) is 3.60. The van der Waals surface area contributed by atoms with Crippen LogP contribution in [0.1, 0.15) is 12.2 Å². The minimum atomic E-state index is 0.271. The second-order valence-corrected chi connectivity index (χ2v) is 4.89. The summed E-state index contributed by atoms with van der Waals surface area (Å²) in [7, 11) is 0. The molecule has 1 aromatic carbocycles. The van der Waals surface area contributed by atoms with Gasteiger partial charge in [0.1, 0.15) is 5.82 Å². The maximum Gasteiger partial charge on any atom is 0.111 e. The summed E-state index contributed by atoms with van der Waals surface area (Å²) in [5.41, 5.74) is 8.22. The van der Waals surface area contributed by atoms with Gasteiger partial charge in [-0.3, -0.25) is 0 Å². The average molecular weight is 266 g/mol. The van der Waals surface area contributed by atoms with Crippen LogP contribution in [-0.4, -0.2) is 15.6 Å². The molecule has 2 heterocycles. The fraction of sp³-hybridized carbons (Fsp3) is 0.364. The number of halogens is 1. The van der Waals surface area contributed by atoms with Gasteiger partial charge in [0.15, 0.2) is 0 Å². The van der Waals surface area contributed by atoms with Crippen LogP contribution < -0.4 is 5.73 Å². The first-order chi connectivity index (χ1) is 7.25. The largest absolute Gasteiger partial charge is 0.327 e. The fourth-order valence-corrected chi connectivity index (χ4v) is 2.79. The summed E-state index contributed by atoms with van der Waals surface area (Å²) >= 11 is 3.58. The molecule has 0 amide bonds. The Kier molecular flexibility index (Phi) is 2.07. The Morgan fingerprint density at radius 1 is 1.47 bits per heavy atom. The number of nitrogens with zero attached hydrogens (tertiary/aromatic N) is 2. The van der Waals surface area contributed by atoms with Crippen LogP contribution in [0.25, 0.3) is 11.0 Å². The first kappa shape index (κ1) is 9.36. The molecule has 3 rings (SSSR count). The molecule has 4 heteroatoms. The topological polar surface area (TPSA) is 43.8 Å². The van der Waals surface area contributed by atoms with Crippen molar-refractivity contribution in [2.45, 2.75) is 25.4 Å². The molecule has 0 aliphatic carbocycles. The average Bonchev–Trinajstić information content (AvgIpc) is 2.56.